The molecule has 0 amide bonds. The zero-order chi connectivity index (χ0) is 12.4. The van der Waals surface area contributed by atoms with Crippen molar-refractivity contribution >= 4 is 0 Å². The summed E-state index contributed by atoms with van der Waals surface area (Å²) in [5.74, 6) is 1.09. The van der Waals surface area contributed by atoms with Crippen LogP contribution in [-0.2, 0) is 6.54 Å². The number of rotatable bonds is 4. The van der Waals surface area contributed by atoms with Crippen molar-refractivity contribution in [1.82, 2.24) is 9.78 Å². The van der Waals surface area contributed by atoms with Crippen LogP contribution >= 0.6 is 0 Å². The molecule has 0 aliphatic carbocycles. The monoisotopic (exact) mass is 236 g/mol. The van der Waals surface area contributed by atoms with Gasteiger partial charge in [0.1, 0.15) is 11.5 Å². The number of ether oxygens (including phenoxy) is 1. The summed E-state index contributed by atoms with van der Waals surface area (Å²) in [6, 6.07) is 1.82. The zero-order valence-corrected chi connectivity index (χ0v) is 10.2. The Kier molecular flexibility index (Phi) is 3.19. The lowest BCUT2D eigenvalue weighted by atomic mass is 10.1. The minimum atomic E-state index is -0.859. The van der Waals surface area contributed by atoms with Gasteiger partial charge in [-0.1, -0.05) is 0 Å². The quantitative estimate of drug-likeness (QED) is 0.880. The van der Waals surface area contributed by atoms with Crippen molar-refractivity contribution in [3.63, 3.8) is 0 Å². The second-order valence-corrected chi connectivity index (χ2v) is 3.78. The van der Waals surface area contributed by atoms with Crippen molar-refractivity contribution in [1.29, 1.82) is 0 Å². The SMILES string of the molecule is CCn1ncc(OC)c1C(O)c1occc1C. The number of hydrogen-bond donors (Lipinski definition) is 1. The molecule has 0 spiro atoms. The van der Waals surface area contributed by atoms with Crippen LogP contribution in [0, 0.1) is 6.92 Å². The molecule has 0 aliphatic rings. The Morgan fingerprint density at radius 3 is 2.88 bits per heavy atom. The summed E-state index contributed by atoms with van der Waals surface area (Å²) in [5, 5.41) is 14.5. The Labute approximate surface area is 99.6 Å². The Bertz CT molecular complexity index is 480. The summed E-state index contributed by atoms with van der Waals surface area (Å²) >= 11 is 0. The molecule has 92 valence electrons. The number of aliphatic hydroxyl groups excluding tert-OH is 1. The predicted molar refractivity (Wildman–Crippen MR) is 62.0 cm³/mol. The zero-order valence-electron chi connectivity index (χ0n) is 10.2. The maximum atomic E-state index is 10.3. The molecule has 2 aromatic heterocycles. The van der Waals surface area contributed by atoms with Crippen LogP contribution in [0.3, 0.4) is 0 Å². The summed E-state index contributed by atoms with van der Waals surface area (Å²) in [4.78, 5) is 0. The lowest BCUT2D eigenvalue weighted by Gasteiger charge is -2.12. The highest BCUT2D eigenvalue weighted by atomic mass is 16.5. The summed E-state index contributed by atoms with van der Waals surface area (Å²) in [6.45, 7) is 4.51. The molecular weight excluding hydrogens is 220 g/mol. The normalized spacial score (nSPS) is 12.7. The first kappa shape index (κ1) is 11.7. The van der Waals surface area contributed by atoms with Gasteiger partial charge in [-0.05, 0) is 25.5 Å². The average molecular weight is 236 g/mol. The molecule has 2 rings (SSSR count). The standard InChI is InChI=1S/C12H16N2O3/c1-4-14-10(9(16-3)7-13-14)11(15)12-8(2)5-6-17-12/h5-7,11,15H,4H2,1-3H3. The maximum Gasteiger partial charge on any atom is 0.163 e. The molecule has 17 heavy (non-hydrogen) atoms. The predicted octanol–water partition coefficient (Wildman–Crippen LogP) is 1.89. The summed E-state index contributed by atoms with van der Waals surface area (Å²) in [5.41, 5.74) is 1.52. The highest BCUT2D eigenvalue weighted by molar-refractivity contribution is 5.33. The molecule has 0 radical (unpaired) electrons. The molecule has 0 saturated heterocycles. The molecule has 1 unspecified atom stereocenters. The third-order valence-corrected chi connectivity index (χ3v) is 2.77. The Morgan fingerprint density at radius 1 is 1.59 bits per heavy atom. The van der Waals surface area contributed by atoms with E-state index in [4.69, 9.17) is 9.15 Å². The third kappa shape index (κ3) is 1.93. The van der Waals surface area contributed by atoms with Crippen molar-refractivity contribution in [2.75, 3.05) is 7.11 Å². The van der Waals surface area contributed by atoms with Gasteiger partial charge in [-0.15, -0.1) is 0 Å². The highest BCUT2D eigenvalue weighted by Gasteiger charge is 2.24. The van der Waals surface area contributed by atoms with E-state index in [-0.39, 0.29) is 0 Å². The van der Waals surface area contributed by atoms with Crippen LogP contribution in [0.2, 0.25) is 0 Å². The number of aliphatic hydroxyl groups is 1. The van der Waals surface area contributed by atoms with Gasteiger partial charge in [-0.25, -0.2) is 0 Å². The van der Waals surface area contributed by atoms with Crippen LogP contribution in [0.15, 0.2) is 22.9 Å². The Balaban J connectivity index is 2.45. The minimum Gasteiger partial charge on any atom is -0.493 e. The summed E-state index contributed by atoms with van der Waals surface area (Å²) < 4.78 is 12.2. The summed E-state index contributed by atoms with van der Waals surface area (Å²) in [6.07, 6.45) is 2.30. The summed E-state index contributed by atoms with van der Waals surface area (Å²) in [7, 11) is 1.56. The molecule has 1 N–H and O–H groups in total. The number of methoxy groups -OCH3 is 1. The molecule has 1 atom stereocenters. The fraction of sp³-hybridized carbons (Fsp3) is 0.417. The van der Waals surface area contributed by atoms with Gasteiger partial charge in [0.15, 0.2) is 11.9 Å². The number of aromatic nitrogens is 2. The van der Waals surface area contributed by atoms with E-state index in [1.54, 1.807) is 24.3 Å². The highest BCUT2D eigenvalue weighted by Crippen LogP contribution is 2.31. The number of hydrogen-bond acceptors (Lipinski definition) is 4. The van der Waals surface area contributed by atoms with E-state index in [1.807, 2.05) is 19.9 Å². The lowest BCUT2D eigenvalue weighted by molar-refractivity contribution is 0.173. The van der Waals surface area contributed by atoms with Crippen LogP contribution in [0.1, 0.15) is 30.0 Å². The largest absolute Gasteiger partial charge is 0.493 e. The van der Waals surface area contributed by atoms with E-state index in [1.165, 1.54) is 0 Å². The van der Waals surface area contributed by atoms with Gasteiger partial charge in [0.2, 0.25) is 0 Å². The Morgan fingerprint density at radius 2 is 2.35 bits per heavy atom. The van der Waals surface area contributed by atoms with Gasteiger partial charge in [0.05, 0.1) is 19.6 Å². The van der Waals surface area contributed by atoms with Gasteiger partial charge in [-0.3, -0.25) is 4.68 Å². The molecular formula is C12H16N2O3. The second kappa shape index (κ2) is 4.63. The number of furan rings is 1. The minimum absolute atomic E-state index is 0.526. The fourth-order valence-electron chi connectivity index (χ4n) is 1.85. The van der Waals surface area contributed by atoms with Gasteiger partial charge in [0.25, 0.3) is 0 Å². The van der Waals surface area contributed by atoms with Gasteiger partial charge in [0, 0.05) is 6.54 Å². The molecule has 0 aromatic carbocycles. The first-order valence-corrected chi connectivity index (χ1v) is 5.50. The van der Waals surface area contributed by atoms with Gasteiger partial charge < -0.3 is 14.3 Å². The fourth-order valence-corrected chi connectivity index (χ4v) is 1.85. The van der Waals surface area contributed by atoms with Gasteiger partial charge >= 0.3 is 0 Å². The first-order valence-electron chi connectivity index (χ1n) is 5.50. The molecule has 0 saturated carbocycles. The van der Waals surface area contributed by atoms with Gasteiger partial charge in [-0.2, -0.15) is 5.10 Å². The van der Waals surface area contributed by atoms with E-state index < -0.39 is 6.10 Å². The van der Waals surface area contributed by atoms with Crippen molar-refractivity contribution in [3.8, 4) is 5.75 Å². The topological polar surface area (TPSA) is 60.4 Å². The van der Waals surface area contributed by atoms with Crippen LogP contribution < -0.4 is 4.74 Å². The smallest absolute Gasteiger partial charge is 0.163 e. The Hall–Kier alpha value is -1.75. The average Bonchev–Trinajstić information content (AvgIpc) is 2.93. The molecule has 5 nitrogen and oxygen atoms in total. The molecule has 5 heteroatoms. The van der Waals surface area contributed by atoms with Crippen molar-refractivity contribution in [2.45, 2.75) is 26.5 Å². The molecule has 2 aromatic rings. The van der Waals surface area contributed by atoms with Crippen LogP contribution in [0.25, 0.3) is 0 Å². The maximum absolute atomic E-state index is 10.3. The van der Waals surface area contributed by atoms with E-state index in [0.717, 1.165) is 5.56 Å². The van der Waals surface area contributed by atoms with E-state index in [0.29, 0.717) is 23.7 Å². The molecule has 0 aliphatic heterocycles. The van der Waals surface area contributed by atoms with E-state index in [9.17, 15) is 5.11 Å². The number of nitrogens with zero attached hydrogens (tertiary/aromatic N) is 2. The van der Waals surface area contributed by atoms with Crippen LogP contribution in [-0.4, -0.2) is 22.0 Å². The van der Waals surface area contributed by atoms with E-state index in [2.05, 4.69) is 5.10 Å². The molecule has 0 bridgehead atoms. The second-order valence-electron chi connectivity index (χ2n) is 3.78. The molecule has 2 heterocycles. The van der Waals surface area contributed by atoms with Crippen molar-refractivity contribution < 1.29 is 14.3 Å². The number of aryl methyl sites for hydroxylation is 2. The van der Waals surface area contributed by atoms with E-state index >= 15 is 0 Å². The van der Waals surface area contributed by atoms with Crippen molar-refractivity contribution in [2.24, 2.45) is 0 Å². The lowest BCUT2D eigenvalue weighted by Crippen LogP contribution is -2.10. The van der Waals surface area contributed by atoms with Crippen LogP contribution in [0.4, 0.5) is 0 Å². The molecule has 0 fully saturated rings. The van der Waals surface area contributed by atoms with Crippen LogP contribution in [0.5, 0.6) is 5.75 Å². The third-order valence-electron chi connectivity index (χ3n) is 2.77. The van der Waals surface area contributed by atoms with Crippen molar-refractivity contribution in [3.05, 3.63) is 35.5 Å². The first-order chi connectivity index (χ1) is 8.19.